The number of halogens is 1. The van der Waals surface area contributed by atoms with Gasteiger partial charge in [0.25, 0.3) is 0 Å². The molecule has 0 aliphatic rings. The molecule has 0 aliphatic carbocycles. The van der Waals surface area contributed by atoms with Crippen LogP contribution >= 0.6 is 15.9 Å². The summed E-state index contributed by atoms with van der Waals surface area (Å²) in [6.07, 6.45) is 3.91. The fourth-order valence-corrected chi connectivity index (χ4v) is 1.77. The molecule has 0 atom stereocenters. The molecule has 2 aromatic rings. The third-order valence-corrected chi connectivity index (χ3v) is 2.44. The van der Waals surface area contributed by atoms with Crippen molar-refractivity contribution in [1.82, 2.24) is 9.38 Å². The van der Waals surface area contributed by atoms with Crippen molar-refractivity contribution in [3.8, 4) is 5.75 Å². The van der Waals surface area contributed by atoms with Gasteiger partial charge in [-0.2, -0.15) is 0 Å². The van der Waals surface area contributed by atoms with Crippen molar-refractivity contribution in [1.29, 1.82) is 0 Å². The molecule has 0 spiro atoms. The predicted octanol–water partition coefficient (Wildman–Crippen LogP) is 2.41. The second-order valence-electron chi connectivity index (χ2n) is 2.84. The summed E-state index contributed by atoms with van der Waals surface area (Å²) in [6, 6.07) is 1.90. The van der Waals surface area contributed by atoms with Crippen molar-refractivity contribution in [3.05, 3.63) is 28.6 Å². The molecule has 2 heterocycles. The van der Waals surface area contributed by atoms with E-state index in [1.54, 1.807) is 7.11 Å². The second-order valence-corrected chi connectivity index (χ2v) is 3.69. The lowest BCUT2D eigenvalue weighted by atomic mass is 10.4. The highest BCUT2D eigenvalue weighted by atomic mass is 79.9. The molecule has 2 rings (SSSR count). The molecular weight excluding hydrogens is 232 g/mol. The normalized spacial score (nSPS) is 10.7. The monoisotopic (exact) mass is 240 g/mol. The highest BCUT2D eigenvalue weighted by Crippen LogP contribution is 2.25. The molecule has 0 aliphatic heterocycles. The van der Waals surface area contributed by atoms with Crippen LogP contribution in [0.3, 0.4) is 0 Å². The fraction of sp³-hybridized carbons (Fsp3) is 0.222. The van der Waals surface area contributed by atoms with Crippen LogP contribution in [-0.2, 0) is 0 Å². The number of aryl methyl sites for hydroxylation is 1. The molecule has 0 N–H and O–H groups in total. The number of imidazole rings is 1. The van der Waals surface area contributed by atoms with Gasteiger partial charge in [-0.15, -0.1) is 0 Å². The van der Waals surface area contributed by atoms with Crippen LogP contribution in [0.5, 0.6) is 5.75 Å². The van der Waals surface area contributed by atoms with Crippen LogP contribution in [0.25, 0.3) is 5.65 Å². The minimum atomic E-state index is 0.804. The molecule has 2 aromatic heterocycles. The van der Waals surface area contributed by atoms with Crippen LogP contribution in [-0.4, -0.2) is 16.5 Å². The van der Waals surface area contributed by atoms with Crippen molar-refractivity contribution in [3.63, 3.8) is 0 Å². The Morgan fingerprint density at radius 2 is 2.23 bits per heavy atom. The number of methoxy groups -OCH3 is 1. The summed E-state index contributed by atoms with van der Waals surface area (Å²) >= 11 is 3.41. The van der Waals surface area contributed by atoms with Gasteiger partial charge in [0.1, 0.15) is 11.4 Å². The predicted molar refractivity (Wildman–Crippen MR) is 54.2 cm³/mol. The van der Waals surface area contributed by atoms with Gasteiger partial charge in [-0.3, -0.25) is 0 Å². The van der Waals surface area contributed by atoms with Gasteiger partial charge in [-0.1, -0.05) is 0 Å². The van der Waals surface area contributed by atoms with E-state index in [2.05, 4.69) is 20.9 Å². The van der Waals surface area contributed by atoms with Crippen molar-refractivity contribution in [2.45, 2.75) is 6.92 Å². The van der Waals surface area contributed by atoms with Gasteiger partial charge in [-0.05, 0) is 22.9 Å². The molecule has 0 radical (unpaired) electrons. The maximum absolute atomic E-state index is 5.16. The number of pyridine rings is 1. The first-order valence-electron chi connectivity index (χ1n) is 3.89. The smallest absolute Gasteiger partial charge is 0.140 e. The molecule has 0 bridgehead atoms. The first-order chi connectivity index (χ1) is 6.20. The SMILES string of the molecule is COc1cc2nc(C)cn2cc1Br. The third kappa shape index (κ3) is 1.42. The van der Waals surface area contributed by atoms with E-state index in [-0.39, 0.29) is 0 Å². The Balaban J connectivity index is 2.72. The molecule has 0 unspecified atom stereocenters. The van der Waals surface area contributed by atoms with Gasteiger partial charge in [0.15, 0.2) is 0 Å². The van der Waals surface area contributed by atoms with E-state index in [0.717, 1.165) is 21.6 Å². The lowest BCUT2D eigenvalue weighted by Crippen LogP contribution is -1.88. The lowest BCUT2D eigenvalue weighted by molar-refractivity contribution is 0.412. The van der Waals surface area contributed by atoms with Gasteiger partial charge >= 0.3 is 0 Å². The second kappa shape index (κ2) is 3.03. The zero-order chi connectivity index (χ0) is 9.42. The highest BCUT2D eigenvalue weighted by molar-refractivity contribution is 9.10. The zero-order valence-corrected chi connectivity index (χ0v) is 9.00. The Labute approximate surface area is 84.5 Å². The van der Waals surface area contributed by atoms with E-state index in [1.165, 1.54) is 0 Å². The number of fused-ring (bicyclic) bond motifs is 1. The van der Waals surface area contributed by atoms with Crippen LogP contribution in [0.15, 0.2) is 22.9 Å². The Bertz CT molecular complexity index is 450. The number of hydrogen-bond acceptors (Lipinski definition) is 2. The first kappa shape index (κ1) is 8.56. The summed E-state index contributed by atoms with van der Waals surface area (Å²) < 4.78 is 8.05. The molecule has 0 amide bonds. The van der Waals surface area contributed by atoms with E-state index < -0.39 is 0 Å². The summed E-state index contributed by atoms with van der Waals surface area (Å²) in [5, 5.41) is 0. The maximum atomic E-state index is 5.16. The van der Waals surface area contributed by atoms with Gasteiger partial charge in [0, 0.05) is 18.5 Å². The van der Waals surface area contributed by atoms with Crippen molar-refractivity contribution < 1.29 is 4.74 Å². The van der Waals surface area contributed by atoms with Crippen LogP contribution < -0.4 is 4.74 Å². The standard InChI is InChI=1S/C9H9BrN2O/c1-6-4-12-5-7(10)8(13-2)3-9(12)11-6/h3-5H,1-2H3. The molecule has 0 aromatic carbocycles. The van der Waals surface area contributed by atoms with Crippen LogP contribution in [0.1, 0.15) is 5.69 Å². The third-order valence-electron chi connectivity index (χ3n) is 1.85. The number of rotatable bonds is 1. The summed E-state index contributed by atoms with van der Waals surface area (Å²) in [5.74, 6) is 0.804. The molecule has 0 saturated carbocycles. The molecule has 68 valence electrons. The number of hydrogen-bond donors (Lipinski definition) is 0. The summed E-state index contributed by atoms with van der Waals surface area (Å²) in [4.78, 5) is 4.32. The van der Waals surface area contributed by atoms with E-state index in [4.69, 9.17) is 4.74 Å². The average molecular weight is 241 g/mol. The quantitative estimate of drug-likeness (QED) is 0.766. The van der Waals surface area contributed by atoms with E-state index in [0.29, 0.717) is 0 Å². The number of aromatic nitrogens is 2. The van der Waals surface area contributed by atoms with Crippen molar-refractivity contribution in [2.75, 3.05) is 7.11 Å². The fourth-order valence-electron chi connectivity index (χ4n) is 1.27. The van der Waals surface area contributed by atoms with E-state index in [9.17, 15) is 0 Å². The molecule has 3 nitrogen and oxygen atoms in total. The Morgan fingerprint density at radius 1 is 1.46 bits per heavy atom. The molecule has 0 fully saturated rings. The zero-order valence-electron chi connectivity index (χ0n) is 7.41. The van der Waals surface area contributed by atoms with Gasteiger partial charge in [0.2, 0.25) is 0 Å². The Morgan fingerprint density at radius 3 is 2.92 bits per heavy atom. The number of nitrogens with zero attached hydrogens (tertiary/aromatic N) is 2. The molecule has 4 heteroatoms. The van der Waals surface area contributed by atoms with E-state index in [1.807, 2.05) is 29.8 Å². The van der Waals surface area contributed by atoms with Crippen LogP contribution in [0.4, 0.5) is 0 Å². The largest absolute Gasteiger partial charge is 0.495 e. The topological polar surface area (TPSA) is 26.5 Å². The molecule has 0 saturated heterocycles. The van der Waals surface area contributed by atoms with Crippen molar-refractivity contribution >= 4 is 21.6 Å². The molecule has 13 heavy (non-hydrogen) atoms. The Kier molecular flexibility index (Phi) is 2.00. The summed E-state index contributed by atoms with van der Waals surface area (Å²) in [7, 11) is 1.65. The maximum Gasteiger partial charge on any atom is 0.140 e. The first-order valence-corrected chi connectivity index (χ1v) is 4.69. The highest BCUT2D eigenvalue weighted by Gasteiger charge is 2.04. The lowest BCUT2D eigenvalue weighted by Gasteiger charge is -2.02. The minimum Gasteiger partial charge on any atom is -0.495 e. The van der Waals surface area contributed by atoms with Gasteiger partial charge < -0.3 is 9.14 Å². The van der Waals surface area contributed by atoms with Gasteiger partial charge in [0.05, 0.1) is 17.3 Å². The van der Waals surface area contributed by atoms with Crippen LogP contribution in [0.2, 0.25) is 0 Å². The van der Waals surface area contributed by atoms with E-state index >= 15 is 0 Å². The number of ether oxygens (including phenoxy) is 1. The molecular formula is C9H9BrN2O. The van der Waals surface area contributed by atoms with Gasteiger partial charge in [-0.25, -0.2) is 4.98 Å². The average Bonchev–Trinajstić information content (AvgIpc) is 2.42. The summed E-state index contributed by atoms with van der Waals surface area (Å²) in [6.45, 7) is 1.97. The minimum absolute atomic E-state index is 0.804. The van der Waals surface area contributed by atoms with Crippen LogP contribution in [0, 0.1) is 6.92 Å². The summed E-state index contributed by atoms with van der Waals surface area (Å²) in [5.41, 5.74) is 1.90. The van der Waals surface area contributed by atoms with Crippen molar-refractivity contribution in [2.24, 2.45) is 0 Å². The Hall–Kier alpha value is -1.03.